The molecular weight excluding hydrogens is 423 g/mol. The topological polar surface area (TPSA) is 69.0 Å². The number of carbonyl (C=O) groups excluding carboxylic acids is 1. The van der Waals surface area contributed by atoms with E-state index in [0.29, 0.717) is 33.0 Å². The Morgan fingerprint density at radius 2 is 1.57 bits per heavy atom. The summed E-state index contributed by atoms with van der Waals surface area (Å²) in [4.78, 5) is 17.4. The third-order valence-electron chi connectivity index (χ3n) is 4.34. The molecule has 0 aliphatic heterocycles. The third kappa shape index (κ3) is 4.15. The number of nitrogens with zero attached hydrogens (tertiary/aromatic N) is 3. The van der Waals surface area contributed by atoms with Gasteiger partial charge in [0.2, 0.25) is 5.82 Å². The lowest BCUT2D eigenvalue weighted by Crippen LogP contribution is -2.14. The number of anilines is 1. The number of aromatic nitrogens is 3. The van der Waals surface area contributed by atoms with Crippen LogP contribution in [0.15, 0.2) is 72.8 Å². The molecule has 30 heavy (non-hydrogen) atoms. The van der Waals surface area contributed by atoms with Crippen LogP contribution in [0.5, 0.6) is 5.75 Å². The van der Waals surface area contributed by atoms with E-state index in [1.54, 1.807) is 59.3 Å². The predicted molar refractivity (Wildman–Crippen MR) is 118 cm³/mol. The van der Waals surface area contributed by atoms with Crippen molar-refractivity contribution in [1.29, 1.82) is 0 Å². The maximum absolute atomic E-state index is 12.9. The van der Waals surface area contributed by atoms with Gasteiger partial charge in [-0.25, -0.2) is 9.67 Å². The molecule has 4 aromatic rings. The minimum atomic E-state index is -0.456. The normalized spacial score (nSPS) is 10.6. The van der Waals surface area contributed by atoms with Crippen LogP contribution in [0.2, 0.25) is 10.0 Å². The Bertz CT molecular complexity index is 1130. The average molecular weight is 439 g/mol. The Kier molecular flexibility index (Phi) is 5.70. The van der Waals surface area contributed by atoms with Gasteiger partial charge >= 0.3 is 0 Å². The summed E-state index contributed by atoms with van der Waals surface area (Å²) in [5, 5.41) is 8.43. The molecule has 4 rings (SSSR count). The maximum Gasteiger partial charge on any atom is 0.295 e. The summed E-state index contributed by atoms with van der Waals surface area (Å²) in [6.07, 6.45) is 0. The molecule has 8 heteroatoms. The number of methoxy groups -OCH3 is 1. The molecule has 1 aromatic heterocycles. The molecule has 1 amide bonds. The second-order valence-corrected chi connectivity index (χ2v) is 7.18. The van der Waals surface area contributed by atoms with Gasteiger partial charge in [0, 0.05) is 15.6 Å². The van der Waals surface area contributed by atoms with Crippen molar-refractivity contribution in [3.05, 3.63) is 88.7 Å². The molecule has 3 aromatic carbocycles. The van der Waals surface area contributed by atoms with E-state index in [-0.39, 0.29) is 5.82 Å². The van der Waals surface area contributed by atoms with Crippen molar-refractivity contribution in [2.24, 2.45) is 0 Å². The van der Waals surface area contributed by atoms with Crippen LogP contribution >= 0.6 is 23.2 Å². The van der Waals surface area contributed by atoms with Crippen LogP contribution in [0.4, 0.5) is 5.69 Å². The molecule has 1 N–H and O–H groups in total. The van der Waals surface area contributed by atoms with E-state index in [2.05, 4.69) is 15.4 Å². The standard InChI is InChI=1S/C22H16Cl2N4O2/c1-30-19-5-3-2-4-18(19)25-22(29)20-26-21(14-6-8-15(23)9-7-14)28(27-20)17-12-10-16(24)11-13-17/h2-13H,1H3,(H,25,29). The summed E-state index contributed by atoms with van der Waals surface area (Å²) in [6, 6.07) is 21.4. The minimum Gasteiger partial charge on any atom is -0.495 e. The molecule has 0 fully saturated rings. The van der Waals surface area contributed by atoms with E-state index < -0.39 is 5.91 Å². The van der Waals surface area contributed by atoms with Crippen LogP contribution in [0, 0.1) is 0 Å². The number of benzene rings is 3. The molecule has 0 unspecified atom stereocenters. The molecule has 0 saturated heterocycles. The maximum atomic E-state index is 12.9. The highest BCUT2D eigenvalue weighted by Gasteiger charge is 2.20. The van der Waals surface area contributed by atoms with E-state index in [1.807, 2.05) is 18.2 Å². The van der Waals surface area contributed by atoms with Crippen molar-refractivity contribution in [3.8, 4) is 22.8 Å². The van der Waals surface area contributed by atoms with Crippen LogP contribution in [-0.4, -0.2) is 27.8 Å². The first-order chi connectivity index (χ1) is 14.5. The van der Waals surface area contributed by atoms with Gasteiger partial charge in [-0.2, -0.15) is 0 Å². The molecule has 0 aliphatic carbocycles. The number of hydrogen-bond acceptors (Lipinski definition) is 4. The zero-order valence-electron chi connectivity index (χ0n) is 15.8. The molecule has 0 saturated carbocycles. The lowest BCUT2D eigenvalue weighted by Gasteiger charge is -2.08. The fourth-order valence-corrected chi connectivity index (χ4v) is 3.13. The lowest BCUT2D eigenvalue weighted by molar-refractivity contribution is 0.101. The van der Waals surface area contributed by atoms with E-state index in [4.69, 9.17) is 27.9 Å². The highest BCUT2D eigenvalue weighted by atomic mass is 35.5. The van der Waals surface area contributed by atoms with E-state index in [1.165, 1.54) is 7.11 Å². The van der Waals surface area contributed by atoms with Gasteiger partial charge in [0.1, 0.15) is 5.75 Å². The highest BCUT2D eigenvalue weighted by molar-refractivity contribution is 6.30. The van der Waals surface area contributed by atoms with Gasteiger partial charge in [-0.3, -0.25) is 4.79 Å². The molecule has 0 bridgehead atoms. The number of ether oxygens (including phenoxy) is 1. The van der Waals surface area contributed by atoms with Crippen LogP contribution < -0.4 is 10.1 Å². The second kappa shape index (κ2) is 8.57. The van der Waals surface area contributed by atoms with Crippen molar-refractivity contribution in [1.82, 2.24) is 14.8 Å². The number of halogens is 2. The van der Waals surface area contributed by atoms with Gasteiger partial charge in [-0.05, 0) is 60.7 Å². The largest absolute Gasteiger partial charge is 0.495 e. The molecular formula is C22H16Cl2N4O2. The first-order valence-electron chi connectivity index (χ1n) is 8.98. The molecule has 0 spiro atoms. The average Bonchev–Trinajstić information content (AvgIpc) is 3.21. The first kappa shape index (κ1) is 19.9. The zero-order valence-corrected chi connectivity index (χ0v) is 17.4. The van der Waals surface area contributed by atoms with Gasteiger partial charge in [-0.15, -0.1) is 5.10 Å². The predicted octanol–water partition coefficient (Wildman–Crippen LogP) is 5.50. The van der Waals surface area contributed by atoms with E-state index in [9.17, 15) is 4.79 Å². The van der Waals surface area contributed by atoms with E-state index >= 15 is 0 Å². The fraction of sp³-hybridized carbons (Fsp3) is 0.0455. The van der Waals surface area contributed by atoms with Crippen molar-refractivity contribution in [2.45, 2.75) is 0 Å². The summed E-state index contributed by atoms with van der Waals surface area (Å²) >= 11 is 12.0. The molecule has 0 aliphatic rings. The Hall–Kier alpha value is -3.35. The number of amides is 1. The Morgan fingerprint density at radius 1 is 0.933 bits per heavy atom. The monoisotopic (exact) mass is 438 g/mol. The second-order valence-electron chi connectivity index (χ2n) is 6.31. The molecule has 0 atom stereocenters. The quantitative estimate of drug-likeness (QED) is 0.446. The number of para-hydroxylation sites is 2. The molecule has 0 radical (unpaired) electrons. The van der Waals surface area contributed by atoms with Crippen molar-refractivity contribution >= 4 is 34.8 Å². The fourth-order valence-electron chi connectivity index (χ4n) is 2.88. The lowest BCUT2D eigenvalue weighted by atomic mass is 10.2. The highest BCUT2D eigenvalue weighted by Crippen LogP contribution is 2.26. The van der Waals surface area contributed by atoms with Crippen LogP contribution in [0.1, 0.15) is 10.6 Å². The Labute approximate surface area is 183 Å². The molecule has 150 valence electrons. The van der Waals surface area contributed by atoms with Crippen LogP contribution in [-0.2, 0) is 0 Å². The van der Waals surface area contributed by atoms with Crippen molar-refractivity contribution < 1.29 is 9.53 Å². The minimum absolute atomic E-state index is 0.0146. The summed E-state index contributed by atoms with van der Waals surface area (Å²) in [5.41, 5.74) is 2.01. The number of hydrogen-bond donors (Lipinski definition) is 1. The SMILES string of the molecule is COc1ccccc1NC(=O)c1nc(-c2ccc(Cl)cc2)n(-c2ccc(Cl)cc2)n1. The summed E-state index contributed by atoms with van der Waals surface area (Å²) in [6.45, 7) is 0. The zero-order chi connectivity index (χ0) is 21.1. The number of carbonyl (C=O) groups is 1. The smallest absolute Gasteiger partial charge is 0.295 e. The molecule has 1 heterocycles. The summed E-state index contributed by atoms with van der Waals surface area (Å²) in [5.74, 6) is 0.600. The first-order valence-corrected chi connectivity index (χ1v) is 9.74. The van der Waals surface area contributed by atoms with Crippen molar-refractivity contribution in [2.75, 3.05) is 12.4 Å². The van der Waals surface area contributed by atoms with Crippen molar-refractivity contribution in [3.63, 3.8) is 0 Å². The third-order valence-corrected chi connectivity index (χ3v) is 4.84. The van der Waals surface area contributed by atoms with Gasteiger partial charge in [0.25, 0.3) is 5.91 Å². The molecule has 6 nitrogen and oxygen atoms in total. The van der Waals surface area contributed by atoms with Crippen LogP contribution in [0.25, 0.3) is 17.1 Å². The Morgan fingerprint density at radius 3 is 2.23 bits per heavy atom. The van der Waals surface area contributed by atoms with Crippen LogP contribution in [0.3, 0.4) is 0 Å². The number of rotatable bonds is 5. The number of nitrogens with one attached hydrogen (secondary N) is 1. The van der Waals surface area contributed by atoms with Gasteiger partial charge in [0.05, 0.1) is 18.5 Å². The summed E-state index contributed by atoms with van der Waals surface area (Å²) in [7, 11) is 1.54. The van der Waals surface area contributed by atoms with E-state index in [0.717, 1.165) is 5.56 Å². The Balaban J connectivity index is 1.75. The van der Waals surface area contributed by atoms with Gasteiger partial charge < -0.3 is 10.1 Å². The summed E-state index contributed by atoms with van der Waals surface area (Å²) < 4.78 is 6.88. The van der Waals surface area contributed by atoms with Gasteiger partial charge in [-0.1, -0.05) is 35.3 Å². The van der Waals surface area contributed by atoms with Gasteiger partial charge in [0.15, 0.2) is 5.82 Å².